The lowest BCUT2D eigenvalue weighted by molar-refractivity contribution is 0.590. The molecule has 0 saturated heterocycles. The highest BCUT2D eigenvalue weighted by atomic mass is 79.9. The van der Waals surface area contributed by atoms with Crippen molar-refractivity contribution in [2.45, 2.75) is 39.0 Å². The molecule has 0 atom stereocenters. The molecule has 2 aromatic rings. The Morgan fingerprint density at radius 3 is 2.26 bits per heavy atom. The van der Waals surface area contributed by atoms with Gasteiger partial charge in [0.05, 0.1) is 5.69 Å². The van der Waals surface area contributed by atoms with Gasteiger partial charge in [0.2, 0.25) is 0 Å². The van der Waals surface area contributed by atoms with Crippen molar-refractivity contribution in [3.63, 3.8) is 0 Å². The summed E-state index contributed by atoms with van der Waals surface area (Å²) in [6, 6.07) is 8.83. The van der Waals surface area contributed by atoms with Crippen LogP contribution in [0, 0.1) is 0 Å². The third kappa shape index (κ3) is 3.60. The van der Waals surface area contributed by atoms with E-state index in [0.717, 1.165) is 23.1 Å². The monoisotopic (exact) mass is 321 g/mol. The average Bonchev–Trinajstić information content (AvgIpc) is 2.65. The van der Waals surface area contributed by atoms with Gasteiger partial charge in [-0.25, -0.2) is 4.98 Å². The Morgan fingerprint density at radius 1 is 1.16 bits per heavy atom. The fraction of sp³-hybridized carbons (Fsp3) is 0.400. The van der Waals surface area contributed by atoms with E-state index in [1.165, 1.54) is 11.1 Å². The number of aryl methyl sites for hydroxylation is 2. The van der Waals surface area contributed by atoms with Crippen molar-refractivity contribution >= 4 is 21.9 Å². The van der Waals surface area contributed by atoms with Crippen molar-refractivity contribution in [3.8, 4) is 0 Å². The molecule has 4 heteroatoms. The fourth-order valence-electron chi connectivity index (χ4n) is 2.01. The smallest absolute Gasteiger partial charge is 0.198 e. The van der Waals surface area contributed by atoms with E-state index >= 15 is 0 Å². The van der Waals surface area contributed by atoms with Crippen LogP contribution in [-0.2, 0) is 18.3 Å². The van der Waals surface area contributed by atoms with Crippen LogP contribution in [0.1, 0.15) is 37.6 Å². The predicted octanol–water partition coefficient (Wildman–Crippen LogP) is 3.84. The normalized spacial score (nSPS) is 11.8. The molecule has 0 saturated carbocycles. The molecule has 0 spiro atoms. The van der Waals surface area contributed by atoms with Gasteiger partial charge in [0.15, 0.2) is 5.95 Å². The summed E-state index contributed by atoms with van der Waals surface area (Å²) >= 11 is 3.41. The summed E-state index contributed by atoms with van der Waals surface area (Å²) in [5, 5.41) is 0. The molecule has 0 aliphatic heterocycles. The molecular weight excluding hydrogens is 302 g/mol. The van der Waals surface area contributed by atoms with E-state index in [4.69, 9.17) is 5.73 Å². The number of aromatic nitrogens is 2. The summed E-state index contributed by atoms with van der Waals surface area (Å²) < 4.78 is 0.816. The summed E-state index contributed by atoms with van der Waals surface area (Å²) in [6.07, 6.45) is 1.88. The zero-order valence-corrected chi connectivity index (χ0v) is 13.2. The van der Waals surface area contributed by atoms with E-state index in [9.17, 15) is 0 Å². The molecule has 0 radical (unpaired) electrons. The van der Waals surface area contributed by atoms with Crippen LogP contribution in [0.4, 0.5) is 5.95 Å². The third-order valence-corrected chi connectivity index (χ3v) is 3.89. The molecule has 3 N–H and O–H groups in total. The molecule has 2 rings (SSSR count). The summed E-state index contributed by atoms with van der Waals surface area (Å²) in [7, 11) is 0. The summed E-state index contributed by atoms with van der Waals surface area (Å²) in [5.41, 5.74) is 9.57. The minimum atomic E-state index is 0.208. The molecule has 0 fully saturated rings. The SMILES string of the molecule is CC(C)(C)c1ccc(CCc2[nH]c(N)nc2Br)cc1. The molecule has 0 amide bonds. The van der Waals surface area contributed by atoms with Crippen molar-refractivity contribution in [2.75, 3.05) is 5.73 Å². The molecule has 0 aliphatic carbocycles. The van der Waals surface area contributed by atoms with Gasteiger partial charge in [-0.1, -0.05) is 45.0 Å². The Morgan fingerprint density at radius 2 is 1.79 bits per heavy atom. The first-order chi connectivity index (χ1) is 8.86. The molecule has 19 heavy (non-hydrogen) atoms. The van der Waals surface area contributed by atoms with E-state index in [-0.39, 0.29) is 5.41 Å². The van der Waals surface area contributed by atoms with Crippen LogP contribution in [0.15, 0.2) is 28.9 Å². The van der Waals surface area contributed by atoms with Crippen LogP contribution < -0.4 is 5.73 Å². The average molecular weight is 322 g/mol. The van der Waals surface area contributed by atoms with Gasteiger partial charge in [-0.2, -0.15) is 0 Å². The number of halogens is 1. The van der Waals surface area contributed by atoms with Gasteiger partial charge in [-0.15, -0.1) is 0 Å². The van der Waals surface area contributed by atoms with Gasteiger partial charge in [0.25, 0.3) is 0 Å². The quantitative estimate of drug-likeness (QED) is 0.902. The minimum absolute atomic E-state index is 0.208. The summed E-state index contributed by atoms with van der Waals surface area (Å²) in [6.45, 7) is 6.69. The Kier molecular flexibility index (Phi) is 3.99. The van der Waals surface area contributed by atoms with Gasteiger partial charge in [0.1, 0.15) is 4.60 Å². The second-order valence-electron chi connectivity index (χ2n) is 5.84. The number of nitrogens with zero attached hydrogens (tertiary/aromatic N) is 1. The van der Waals surface area contributed by atoms with Crippen molar-refractivity contribution < 1.29 is 0 Å². The molecule has 0 bridgehead atoms. The van der Waals surface area contributed by atoms with Crippen molar-refractivity contribution in [1.29, 1.82) is 0 Å². The van der Waals surface area contributed by atoms with E-state index in [2.05, 4.69) is 70.9 Å². The van der Waals surface area contributed by atoms with Gasteiger partial charge < -0.3 is 10.7 Å². The van der Waals surface area contributed by atoms with Crippen molar-refractivity contribution in [1.82, 2.24) is 9.97 Å². The molecule has 0 aliphatic rings. The number of rotatable bonds is 3. The number of nitrogens with one attached hydrogen (secondary N) is 1. The molecule has 1 heterocycles. The Hall–Kier alpha value is -1.29. The predicted molar refractivity (Wildman–Crippen MR) is 83.3 cm³/mol. The van der Waals surface area contributed by atoms with E-state index in [1.807, 2.05) is 0 Å². The van der Waals surface area contributed by atoms with Crippen molar-refractivity contribution in [2.24, 2.45) is 0 Å². The van der Waals surface area contributed by atoms with Crippen LogP contribution in [0.2, 0.25) is 0 Å². The maximum atomic E-state index is 5.62. The van der Waals surface area contributed by atoms with Crippen molar-refractivity contribution in [3.05, 3.63) is 45.7 Å². The number of nitrogen functional groups attached to an aromatic ring is 1. The summed E-state index contributed by atoms with van der Waals surface area (Å²) in [4.78, 5) is 7.18. The molecular formula is C15H20BrN3. The van der Waals surface area contributed by atoms with E-state index in [0.29, 0.717) is 5.95 Å². The largest absolute Gasteiger partial charge is 0.369 e. The van der Waals surface area contributed by atoms with Crippen LogP contribution >= 0.6 is 15.9 Å². The Balaban J connectivity index is 2.02. The lowest BCUT2D eigenvalue weighted by Gasteiger charge is -2.19. The zero-order chi connectivity index (χ0) is 14.0. The van der Waals surface area contributed by atoms with Crippen LogP contribution in [-0.4, -0.2) is 9.97 Å². The summed E-state index contributed by atoms with van der Waals surface area (Å²) in [5.74, 6) is 0.463. The van der Waals surface area contributed by atoms with Crippen LogP contribution in [0.25, 0.3) is 0 Å². The molecule has 102 valence electrons. The van der Waals surface area contributed by atoms with Gasteiger partial charge in [-0.3, -0.25) is 0 Å². The highest BCUT2D eigenvalue weighted by Gasteiger charge is 2.13. The maximum absolute atomic E-state index is 5.62. The molecule has 1 aromatic heterocycles. The number of hydrogen-bond donors (Lipinski definition) is 2. The Labute approximate surface area is 122 Å². The zero-order valence-electron chi connectivity index (χ0n) is 11.6. The number of aromatic amines is 1. The lowest BCUT2D eigenvalue weighted by atomic mass is 9.86. The third-order valence-electron chi connectivity index (χ3n) is 3.23. The second kappa shape index (κ2) is 5.37. The molecule has 3 nitrogen and oxygen atoms in total. The first-order valence-corrected chi connectivity index (χ1v) is 7.25. The number of imidazole rings is 1. The van der Waals surface area contributed by atoms with E-state index < -0.39 is 0 Å². The van der Waals surface area contributed by atoms with Gasteiger partial charge >= 0.3 is 0 Å². The fourth-order valence-corrected chi connectivity index (χ4v) is 2.50. The van der Waals surface area contributed by atoms with Crippen LogP contribution in [0.3, 0.4) is 0 Å². The lowest BCUT2D eigenvalue weighted by Crippen LogP contribution is -2.10. The number of anilines is 1. The standard InChI is InChI=1S/C15H20BrN3/c1-15(2,3)11-7-4-10(5-8-11)6-9-12-13(16)19-14(17)18-12/h4-5,7-8H,6,9H2,1-3H3,(H3,17,18,19). The van der Waals surface area contributed by atoms with Gasteiger partial charge in [-0.05, 0) is 45.3 Å². The number of H-pyrrole nitrogens is 1. The first kappa shape index (κ1) is 14.1. The highest BCUT2D eigenvalue weighted by Crippen LogP contribution is 2.23. The minimum Gasteiger partial charge on any atom is -0.369 e. The highest BCUT2D eigenvalue weighted by molar-refractivity contribution is 9.10. The second-order valence-corrected chi connectivity index (χ2v) is 6.59. The topological polar surface area (TPSA) is 54.7 Å². The maximum Gasteiger partial charge on any atom is 0.198 e. The van der Waals surface area contributed by atoms with Crippen LogP contribution in [0.5, 0.6) is 0 Å². The van der Waals surface area contributed by atoms with E-state index in [1.54, 1.807) is 0 Å². The number of hydrogen-bond acceptors (Lipinski definition) is 2. The number of benzene rings is 1. The van der Waals surface area contributed by atoms with Gasteiger partial charge in [0, 0.05) is 0 Å². The Bertz CT molecular complexity index is 550. The molecule has 0 unspecified atom stereocenters. The molecule has 1 aromatic carbocycles. The number of nitrogens with two attached hydrogens (primary N) is 1. The first-order valence-electron chi connectivity index (χ1n) is 6.45.